The highest BCUT2D eigenvalue weighted by Gasteiger charge is 2.39. The third-order valence-corrected chi connectivity index (χ3v) is 5.40. The largest absolute Gasteiger partial charge is 0.325 e. The lowest BCUT2D eigenvalue weighted by Crippen LogP contribution is -2.51. The average Bonchev–Trinajstić information content (AvgIpc) is 2.15. The number of carbonyl (C=O) groups excluding carboxylic acids is 1. The fourth-order valence-electron chi connectivity index (χ4n) is 1.27. The summed E-state index contributed by atoms with van der Waals surface area (Å²) in [7, 11) is -2.98. The Bertz CT molecular complexity index is 364. The predicted molar refractivity (Wildman–Crippen MR) is 70.6 cm³/mol. The molecule has 0 aliphatic rings. The fraction of sp³-hybridized carbons (Fsp3) is 0.917. The highest BCUT2D eigenvalue weighted by molar-refractivity contribution is 7.91. The van der Waals surface area contributed by atoms with Gasteiger partial charge in [-0.2, -0.15) is 0 Å². The summed E-state index contributed by atoms with van der Waals surface area (Å²) in [6.45, 7) is 8.86. The van der Waals surface area contributed by atoms with Crippen LogP contribution in [0.1, 0.15) is 47.5 Å². The summed E-state index contributed by atoms with van der Waals surface area (Å²) in [5.74, 6) is 0.236. The SMILES string of the molecule is CCS(=O)(=O)CCCC(=O)C(C)(C)C(C)(C)N. The molecule has 0 aromatic carbocycles. The Morgan fingerprint density at radius 3 is 2.00 bits per heavy atom. The van der Waals surface area contributed by atoms with E-state index >= 15 is 0 Å². The van der Waals surface area contributed by atoms with E-state index < -0.39 is 20.8 Å². The van der Waals surface area contributed by atoms with Gasteiger partial charge < -0.3 is 5.73 Å². The number of carbonyl (C=O) groups is 1. The van der Waals surface area contributed by atoms with E-state index in [4.69, 9.17) is 5.73 Å². The summed E-state index contributed by atoms with van der Waals surface area (Å²) in [4.78, 5) is 12.0. The Balaban J connectivity index is 4.40. The zero-order valence-corrected chi connectivity index (χ0v) is 12.4. The minimum absolute atomic E-state index is 0.0244. The van der Waals surface area contributed by atoms with Gasteiger partial charge in [0.2, 0.25) is 0 Å². The Labute approximate surface area is 105 Å². The molecular weight excluding hydrogens is 238 g/mol. The maximum atomic E-state index is 12.0. The molecular formula is C12H25NO3S. The second-order valence-electron chi connectivity index (χ2n) is 5.61. The van der Waals surface area contributed by atoms with Gasteiger partial charge in [-0.3, -0.25) is 4.79 Å². The van der Waals surface area contributed by atoms with Crippen LogP contribution in [-0.2, 0) is 14.6 Å². The summed E-state index contributed by atoms with van der Waals surface area (Å²) in [5, 5.41) is 0. The summed E-state index contributed by atoms with van der Waals surface area (Å²) in [5.41, 5.74) is 4.72. The average molecular weight is 263 g/mol. The molecule has 0 unspecified atom stereocenters. The molecule has 0 saturated carbocycles. The van der Waals surface area contributed by atoms with Gasteiger partial charge in [-0.1, -0.05) is 20.8 Å². The van der Waals surface area contributed by atoms with Crippen molar-refractivity contribution >= 4 is 15.6 Å². The zero-order chi connectivity index (χ0) is 13.9. The minimum Gasteiger partial charge on any atom is -0.325 e. The molecule has 0 saturated heterocycles. The molecule has 17 heavy (non-hydrogen) atoms. The quantitative estimate of drug-likeness (QED) is 0.755. The molecule has 0 heterocycles. The molecule has 0 aliphatic carbocycles. The van der Waals surface area contributed by atoms with Crippen molar-refractivity contribution in [1.82, 2.24) is 0 Å². The normalized spacial score (nSPS) is 13.8. The summed E-state index contributed by atoms with van der Waals surface area (Å²) in [6.07, 6.45) is 0.654. The zero-order valence-electron chi connectivity index (χ0n) is 11.5. The lowest BCUT2D eigenvalue weighted by Gasteiger charge is -2.37. The first-order valence-corrected chi connectivity index (χ1v) is 7.79. The van der Waals surface area contributed by atoms with E-state index in [0.29, 0.717) is 6.42 Å². The number of ketones is 1. The van der Waals surface area contributed by atoms with Crippen molar-refractivity contribution in [3.63, 3.8) is 0 Å². The van der Waals surface area contributed by atoms with E-state index in [1.54, 1.807) is 6.92 Å². The molecule has 0 rings (SSSR count). The number of hydrogen-bond donors (Lipinski definition) is 1. The molecule has 0 aromatic heterocycles. The number of hydrogen-bond acceptors (Lipinski definition) is 4. The van der Waals surface area contributed by atoms with Crippen LogP contribution in [-0.4, -0.2) is 31.2 Å². The number of sulfone groups is 1. The molecule has 4 nitrogen and oxygen atoms in total. The molecule has 5 heteroatoms. The standard InChI is InChI=1S/C12H25NO3S/c1-6-17(15,16)9-7-8-10(14)11(2,3)12(4,5)13/h6-9,13H2,1-5H3. The highest BCUT2D eigenvalue weighted by atomic mass is 32.2. The predicted octanol–water partition coefficient (Wildman–Crippen LogP) is 1.53. The summed E-state index contributed by atoms with van der Waals surface area (Å²) in [6, 6.07) is 0. The van der Waals surface area contributed by atoms with E-state index in [2.05, 4.69) is 0 Å². The van der Waals surface area contributed by atoms with E-state index in [0.717, 1.165) is 0 Å². The first-order chi connectivity index (χ1) is 7.44. The Hall–Kier alpha value is -0.420. The molecule has 0 amide bonds. The van der Waals surface area contributed by atoms with Crippen molar-refractivity contribution < 1.29 is 13.2 Å². The van der Waals surface area contributed by atoms with Crippen LogP contribution in [0, 0.1) is 5.41 Å². The van der Waals surface area contributed by atoms with Gasteiger partial charge in [0, 0.05) is 23.1 Å². The molecule has 0 aliphatic heterocycles. The van der Waals surface area contributed by atoms with Crippen LogP contribution < -0.4 is 5.73 Å². The van der Waals surface area contributed by atoms with E-state index in [-0.39, 0.29) is 23.7 Å². The van der Waals surface area contributed by atoms with Crippen LogP contribution in [0.3, 0.4) is 0 Å². The number of Topliss-reactive ketones (excluding diaryl/α,β-unsaturated/α-hetero) is 1. The lowest BCUT2D eigenvalue weighted by atomic mass is 9.71. The van der Waals surface area contributed by atoms with Crippen molar-refractivity contribution in [3.8, 4) is 0 Å². The van der Waals surface area contributed by atoms with Crippen LogP contribution in [0.25, 0.3) is 0 Å². The molecule has 0 bridgehead atoms. The van der Waals surface area contributed by atoms with E-state index in [1.165, 1.54) is 0 Å². The summed E-state index contributed by atoms with van der Waals surface area (Å²) < 4.78 is 22.6. The van der Waals surface area contributed by atoms with E-state index in [1.807, 2.05) is 27.7 Å². The summed E-state index contributed by atoms with van der Waals surface area (Å²) >= 11 is 0. The molecule has 0 spiro atoms. The Morgan fingerprint density at radius 1 is 1.18 bits per heavy atom. The Morgan fingerprint density at radius 2 is 1.65 bits per heavy atom. The first kappa shape index (κ1) is 16.6. The van der Waals surface area contributed by atoms with Gasteiger partial charge in [-0.05, 0) is 20.3 Å². The van der Waals surface area contributed by atoms with Crippen molar-refractivity contribution in [2.24, 2.45) is 11.1 Å². The number of nitrogens with two attached hydrogens (primary N) is 1. The fourth-order valence-corrected chi connectivity index (χ4v) is 2.14. The molecule has 0 aromatic rings. The van der Waals surface area contributed by atoms with Crippen LogP contribution in [0.15, 0.2) is 0 Å². The van der Waals surface area contributed by atoms with Crippen LogP contribution >= 0.6 is 0 Å². The van der Waals surface area contributed by atoms with Crippen LogP contribution in [0.5, 0.6) is 0 Å². The van der Waals surface area contributed by atoms with Gasteiger partial charge in [0.1, 0.15) is 15.6 Å². The maximum Gasteiger partial charge on any atom is 0.150 e. The van der Waals surface area contributed by atoms with Gasteiger partial charge in [0.15, 0.2) is 0 Å². The second kappa shape index (κ2) is 5.48. The highest BCUT2D eigenvalue weighted by Crippen LogP contribution is 2.30. The third kappa shape index (κ3) is 4.76. The maximum absolute atomic E-state index is 12.0. The van der Waals surface area contributed by atoms with Crippen molar-refractivity contribution in [1.29, 1.82) is 0 Å². The second-order valence-corrected chi connectivity index (χ2v) is 8.08. The van der Waals surface area contributed by atoms with E-state index in [9.17, 15) is 13.2 Å². The first-order valence-electron chi connectivity index (χ1n) is 5.96. The van der Waals surface area contributed by atoms with Crippen LogP contribution in [0.2, 0.25) is 0 Å². The smallest absolute Gasteiger partial charge is 0.150 e. The van der Waals surface area contributed by atoms with Crippen molar-refractivity contribution in [3.05, 3.63) is 0 Å². The van der Waals surface area contributed by atoms with Crippen molar-refractivity contribution in [2.75, 3.05) is 11.5 Å². The molecule has 2 N–H and O–H groups in total. The van der Waals surface area contributed by atoms with Gasteiger partial charge in [-0.25, -0.2) is 8.42 Å². The minimum atomic E-state index is -2.98. The third-order valence-electron chi connectivity index (χ3n) is 3.61. The monoisotopic (exact) mass is 263 g/mol. The van der Waals surface area contributed by atoms with Crippen LogP contribution in [0.4, 0.5) is 0 Å². The molecule has 102 valence electrons. The molecule has 0 atom stereocenters. The van der Waals surface area contributed by atoms with Gasteiger partial charge in [0.05, 0.1) is 5.75 Å². The topological polar surface area (TPSA) is 77.2 Å². The molecule has 0 radical (unpaired) electrons. The van der Waals surface area contributed by atoms with Gasteiger partial charge >= 0.3 is 0 Å². The lowest BCUT2D eigenvalue weighted by molar-refractivity contribution is -0.129. The Kier molecular flexibility index (Phi) is 5.35. The molecule has 0 fully saturated rings. The number of rotatable bonds is 7. The van der Waals surface area contributed by atoms with Gasteiger partial charge in [0.25, 0.3) is 0 Å². The van der Waals surface area contributed by atoms with Crippen molar-refractivity contribution in [2.45, 2.75) is 53.0 Å². The van der Waals surface area contributed by atoms with Gasteiger partial charge in [-0.15, -0.1) is 0 Å².